The zero-order valence-electron chi connectivity index (χ0n) is 9.55. The van der Waals surface area contributed by atoms with E-state index in [1.807, 2.05) is 0 Å². The molecule has 1 heterocycles. The van der Waals surface area contributed by atoms with Crippen molar-refractivity contribution in [3.05, 3.63) is 12.7 Å². The van der Waals surface area contributed by atoms with Crippen LogP contribution in [0.25, 0.3) is 0 Å². The van der Waals surface area contributed by atoms with Crippen LogP contribution in [0.1, 0.15) is 12.8 Å². The Bertz CT molecular complexity index is 292. The first kappa shape index (κ1) is 13.7. The van der Waals surface area contributed by atoms with E-state index in [0.717, 1.165) is 0 Å². The second-order valence-electron chi connectivity index (χ2n) is 3.77. The topological polar surface area (TPSA) is 84.9 Å². The van der Waals surface area contributed by atoms with Crippen molar-refractivity contribution in [2.75, 3.05) is 19.8 Å². The second-order valence-corrected chi connectivity index (χ2v) is 3.77. The summed E-state index contributed by atoms with van der Waals surface area (Å²) in [5, 5.41) is 11.9. The highest BCUT2D eigenvalue weighted by Gasteiger charge is 2.28. The molecule has 1 saturated heterocycles. The van der Waals surface area contributed by atoms with Gasteiger partial charge in [0.15, 0.2) is 0 Å². The van der Waals surface area contributed by atoms with Crippen molar-refractivity contribution in [1.29, 1.82) is 0 Å². The molecule has 2 N–H and O–H groups in total. The quantitative estimate of drug-likeness (QED) is 0.353. The van der Waals surface area contributed by atoms with Gasteiger partial charge in [0.25, 0.3) is 0 Å². The molecule has 0 aromatic heterocycles. The molecule has 1 aliphatic heterocycles. The molecule has 0 spiro atoms. The van der Waals surface area contributed by atoms with E-state index >= 15 is 0 Å². The van der Waals surface area contributed by atoms with Crippen LogP contribution in [0.3, 0.4) is 0 Å². The van der Waals surface area contributed by atoms with E-state index in [-0.39, 0.29) is 19.1 Å². The van der Waals surface area contributed by atoms with Crippen molar-refractivity contribution in [2.45, 2.75) is 25.0 Å². The van der Waals surface area contributed by atoms with E-state index in [1.165, 1.54) is 0 Å². The summed E-state index contributed by atoms with van der Waals surface area (Å²) in [6.07, 6.45) is 1.48. The number of hydrogen-bond acceptors (Lipinski definition) is 5. The maximum Gasteiger partial charge on any atom is 0.328 e. The first-order valence-corrected chi connectivity index (χ1v) is 5.46. The lowest BCUT2D eigenvalue weighted by Gasteiger charge is -2.13. The van der Waals surface area contributed by atoms with Gasteiger partial charge in [-0.2, -0.15) is 0 Å². The largest absolute Gasteiger partial charge is 0.461 e. The Kier molecular flexibility index (Phi) is 5.65. The van der Waals surface area contributed by atoms with E-state index in [9.17, 15) is 14.7 Å². The first-order chi connectivity index (χ1) is 8.13. The van der Waals surface area contributed by atoms with Crippen molar-refractivity contribution < 1.29 is 24.2 Å². The monoisotopic (exact) mass is 243 g/mol. The van der Waals surface area contributed by atoms with Gasteiger partial charge in [-0.05, 0) is 6.42 Å². The summed E-state index contributed by atoms with van der Waals surface area (Å²) in [4.78, 5) is 22.3. The molecule has 96 valence electrons. The van der Waals surface area contributed by atoms with Crippen LogP contribution < -0.4 is 5.32 Å². The first-order valence-electron chi connectivity index (χ1n) is 5.46. The van der Waals surface area contributed by atoms with E-state index in [2.05, 4.69) is 11.9 Å². The van der Waals surface area contributed by atoms with E-state index < -0.39 is 18.1 Å². The van der Waals surface area contributed by atoms with Crippen LogP contribution in [0.2, 0.25) is 0 Å². The molecule has 1 fully saturated rings. The lowest BCUT2D eigenvalue weighted by Crippen LogP contribution is -2.36. The van der Waals surface area contributed by atoms with Crippen molar-refractivity contribution in [1.82, 2.24) is 5.32 Å². The number of aliphatic hydroxyl groups is 1. The molecule has 0 bridgehead atoms. The molecule has 1 aliphatic rings. The molecule has 2 atom stereocenters. The molecule has 1 rings (SSSR count). The van der Waals surface area contributed by atoms with Crippen molar-refractivity contribution in [2.24, 2.45) is 0 Å². The third-order valence-electron chi connectivity index (χ3n) is 2.24. The summed E-state index contributed by atoms with van der Waals surface area (Å²) in [6.45, 7) is 3.74. The summed E-state index contributed by atoms with van der Waals surface area (Å²) in [5.74, 6) is -0.666. The zero-order valence-corrected chi connectivity index (χ0v) is 9.55. The van der Waals surface area contributed by atoms with Gasteiger partial charge in [0.05, 0.1) is 13.2 Å². The smallest absolute Gasteiger partial charge is 0.328 e. The Morgan fingerprint density at radius 3 is 3.00 bits per heavy atom. The number of ether oxygens (including phenoxy) is 2. The van der Waals surface area contributed by atoms with Crippen molar-refractivity contribution in [3.8, 4) is 0 Å². The van der Waals surface area contributed by atoms with Crippen LogP contribution in [0.5, 0.6) is 0 Å². The number of hydrogen-bond donors (Lipinski definition) is 2. The predicted molar refractivity (Wildman–Crippen MR) is 59.1 cm³/mol. The van der Waals surface area contributed by atoms with Crippen LogP contribution in [-0.2, 0) is 19.1 Å². The Morgan fingerprint density at radius 1 is 1.65 bits per heavy atom. The average Bonchev–Trinajstić information content (AvgIpc) is 2.73. The fourth-order valence-corrected chi connectivity index (χ4v) is 1.41. The van der Waals surface area contributed by atoms with Gasteiger partial charge in [-0.15, -0.1) is 6.58 Å². The van der Waals surface area contributed by atoms with Gasteiger partial charge < -0.3 is 19.9 Å². The highest BCUT2D eigenvalue weighted by molar-refractivity contribution is 5.88. The molecular formula is C11H17NO5. The molecule has 1 amide bonds. The number of carbonyl (C=O) groups excluding carboxylic acids is 2. The summed E-state index contributed by atoms with van der Waals surface area (Å²) >= 11 is 0. The molecule has 6 nitrogen and oxygen atoms in total. The summed E-state index contributed by atoms with van der Waals surface area (Å²) in [5.41, 5.74) is 0. The summed E-state index contributed by atoms with van der Waals surface area (Å²) in [7, 11) is 0. The molecule has 17 heavy (non-hydrogen) atoms. The number of aliphatic hydroxyl groups excluding tert-OH is 1. The molecule has 0 aromatic rings. The average molecular weight is 243 g/mol. The van der Waals surface area contributed by atoms with Crippen LogP contribution >= 0.6 is 0 Å². The second kappa shape index (κ2) is 7.03. The van der Waals surface area contributed by atoms with Crippen molar-refractivity contribution >= 4 is 11.9 Å². The molecular weight excluding hydrogens is 226 g/mol. The lowest BCUT2D eigenvalue weighted by atomic mass is 10.2. The fraction of sp³-hybridized carbons (Fsp3) is 0.636. The van der Waals surface area contributed by atoms with Crippen LogP contribution in [0.15, 0.2) is 12.7 Å². The maximum atomic E-state index is 11.4. The number of esters is 1. The molecule has 0 aromatic carbocycles. The Hall–Kier alpha value is -1.40. The number of amides is 1. The molecule has 6 heteroatoms. The lowest BCUT2D eigenvalue weighted by molar-refractivity contribution is -0.150. The standard InChI is InChI=1S/C11H17NO5/c1-2-5-16-6-8(13)7-17-11(15)9-3-4-10(14)12-9/h2,8-9,13H,1,3-7H2,(H,12,14). The number of rotatable bonds is 7. The van der Waals surface area contributed by atoms with Crippen LogP contribution in [-0.4, -0.2) is 48.9 Å². The summed E-state index contributed by atoms with van der Waals surface area (Å²) < 4.78 is 9.85. The highest BCUT2D eigenvalue weighted by Crippen LogP contribution is 2.08. The molecule has 0 aliphatic carbocycles. The normalized spacial score (nSPS) is 20.8. The summed E-state index contributed by atoms with van der Waals surface area (Å²) in [6, 6.07) is -0.580. The van der Waals surface area contributed by atoms with Gasteiger partial charge in [-0.25, -0.2) is 4.79 Å². The van der Waals surface area contributed by atoms with E-state index in [1.54, 1.807) is 6.08 Å². The van der Waals surface area contributed by atoms with Gasteiger partial charge in [-0.3, -0.25) is 4.79 Å². The van der Waals surface area contributed by atoms with Gasteiger partial charge in [0.1, 0.15) is 18.8 Å². The third-order valence-corrected chi connectivity index (χ3v) is 2.24. The molecule has 0 radical (unpaired) electrons. The SMILES string of the molecule is C=CCOCC(O)COC(=O)C1CCC(=O)N1. The number of nitrogens with one attached hydrogen (secondary N) is 1. The molecule has 0 saturated carbocycles. The van der Waals surface area contributed by atoms with Gasteiger partial charge in [0, 0.05) is 6.42 Å². The Morgan fingerprint density at radius 2 is 2.41 bits per heavy atom. The van der Waals surface area contributed by atoms with Gasteiger partial charge in [0.2, 0.25) is 5.91 Å². The third kappa shape index (κ3) is 4.97. The predicted octanol–water partition coefficient (Wildman–Crippen LogP) is -0.628. The van der Waals surface area contributed by atoms with E-state index in [4.69, 9.17) is 9.47 Å². The minimum Gasteiger partial charge on any atom is -0.461 e. The Labute approximate surface area is 99.6 Å². The minimum atomic E-state index is -0.865. The van der Waals surface area contributed by atoms with Crippen LogP contribution in [0, 0.1) is 0 Å². The van der Waals surface area contributed by atoms with Gasteiger partial charge >= 0.3 is 5.97 Å². The van der Waals surface area contributed by atoms with E-state index in [0.29, 0.717) is 19.4 Å². The van der Waals surface area contributed by atoms with Gasteiger partial charge in [-0.1, -0.05) is 6.08 Å². The maximum absolute atomic E-state index is 11.4. The Balaban J connectivity index is 2.14. The molecule has 2 unspecified atom stereocenters. The van der Waals surface area contributed by atoms with Crippen LogP contribution in [0.4, 0.5) is 0 Å². The highest BCUT2D eigenvalue weighted by atomic mass is 16.5. The number of carbonyl (C=O) groups is 2. The minimum absolute atomic E-state index is 0.0797. The van der Waals surface area contributed by atoms with Crippen molar-refractivity contribution in [3.63, 3.8) is 0 Å². The fourth-order valence-electron chi connectivity index (χ4n) is 1.41. The zero-order chi connectivity index (χ0) is 12.7.